The monoisotopic (exact) mass is 381 g/mol. The molecule has 5 nitrogen and oxygen atoms in total. The number of carbonyl (C=O) groups is 1. The predicted molar refractivity (Wildman–Crippen MR) is 107 cm³/mol. The molecule has 1 aromatic carbocycles. The third-order valence-electron chi connectivity index (χ3n) is 5.14. The number of hydrogen-bond donors (Lipinski definition) is 1. The van der Waals surface area contributed by atoms with Gasteiger partial charge in [-0.3, -0.25) is 4.79 Å². The zero-order valence-corrected chi connectivity index (χ0v) is 16.3. The van der Waals surface area contributed by atoms with E-state index in [1.54, 1.807) is 18.2 Å². The summed E-state index contributed by atoms with van der Waals surface area (Å²) in [4.78, 5) is 19.4. The highest BCUT2D eigenvalue weighted by molar-refractivity contribution is 5.96. The standard InChI is InChI=1S/C22H24FN3O2/c1-13(2)17-10-18(15-4-6-16(23)7-5-15)25-19-11-20(28-21(17)19)22(27)26-9-8-24-14(3)12-26/h4-7,10-11,13-14,24H,8-9,12H2,1-3H3/t14-/m0/s1. The molecule has 6 heteroatoms. The van der Waals surface area contributed by atoms with Crippen molar-refractivity contribution >= 4 is 17.0 Å². The fraction of sp³-hybridized carbons (Fsp3) is 0.364. The second-order valence-electron chi connectivity index (χ2n) is 7.69. The molecule has 4 rings (SSSR count). The van der Waals surface area contributed by atoms with Crippen LogP contribution < -0.4 is 5.32 Å². The van der Waals surface area contributed by atoms with Gasteiger partial charge in [0.2, 0.25) is 0 Å². The summed E-state index contributed by atoms with van der Waals surface area (Å²) in [5.41, 5.74) is 3.85. The van der Waals surface area contributed by atoms with E-state index in [0.717, 1.165) is 23.4 Å². The number of hydrogen-bond acceptors (Lipinski definition) is 4. The smallest absolute Gasteiger partial charge is 0.289 e. The van der Waals surface area contributed by atoms with E-state index in [9.17, 15) is 9.18 Å². The Hall–Kier alpha value is -2.73. The van der Waals surface area contributed by atoms with E-state index >= 15 is 0 Å². The third kappa shape index (κ3) is 3.52. The van der Waals surface area contributed by atoms with Crippen molar-refractivity contribution in [2.24, 2.45) is 0 Å². The van der Waals surface area contributed by atoms with Crippen LogP contribution in [0.5, 0.6) is 0 Å². The number of piperazine rings is 1. The number of aromatic nitrogens is 1. The highest BCUT2D eigenvalue weighted by Gasteiger charge is 2.25. The Bertz CT molecular complexity index is 1010. The van der Waals surface area contributed by atoms with Gasteiger partial charge in [0.05, 0.1) is 5.69 Å². The summed E-state index contributed by atoms with van der Waals surface area (Å²) < 4.78 is 19.3. The summed E-state index contributed by atoms with van der Waals surface area (Å²) >= 11 is 0. The average Bonchev–Trinajstić information content (AvgIpc) is 3.11. The normalized spacial score (nSPS) is 17.5. The van der Waals surface area contributed by atoms with Crippen LogP contribution in [0.2, 0.25) is 0 Å². The van der Waals surface area contributed by atoms with Crippen LogP contribution in [0, 0.1) is 5.82 Å². The molecule has 3 aromatic rings. The van der Waals surface area contributed by atoms with Gasteiger partial charge in [-0.1, -0.05) is 13.8 Å². The van der Waals surface area contributed by atoms with Crippen molar-refractivity contribution in [2.45, 2.75) is 32.7 Å². The Labute approximate surface area is 163 Å². The lowest BCUT2D eigenvalue weighted by atomic mass is 10.00. The minimum atomic E-state index is -0.282. The Morgan fingerprint density at radius 2 is 2.04 bits per heavy atom. The van der Waals surface area contributed by atoms with E-state index in [2.05, 4.69) is 31.1 Å². The molecular weight excluding hydrogens is 357 g/mol. The van der Waals surface area contributed by atoms with E-state index in [0.29, 0.717) is 29.9 Å². The summed E-state index contributed by atoms with van der Waals surface area (Å²) in [5, 5.41) is 3.33. The summed E-state index contributed by atoms with van der Waals surface area (Å²) in [6.07, 6.45) is 0. The van der Waals surface area contributed by atoms with Crippen LogP contribution in [0.25, 0.3) is 22.4 Å². The van der Waals surface area contributed by atoms with Crippen molar-refractivity contribution in [2.75, 3.05) is 19.6 Å². The van der Waals surface area contributed by atoms with Crippen molar-refractivity contribution in [3.63, 3.8) is 0 Å². The van der Waals surface area contributed by atoms with Gasteiger partial charge in [-0.25, -0.2) is 9.37 Å². The Balaban J connectivity index is 1.76. The number of nitrogens with one attached hydrogen (secondary N) is 1. The molecule has 0 bridgehead atoms. The van der Waals surface area contributed by atoms with E-state index < -0.39 is 0 Å². The lowest BCUT2D eigenvalue weighted by Crippen LogP contribution is -2.51. The molecule has 1 saturated heterocycles. The SMILES string of the molecule is CC(C)c1cc(-c2ccc(F)cc2)nc2cc(C(=O)N3CCN[C@@H](C)C3)oc12. The first-order chi connectivity index (χ1) is 13.4. The number of fused-ring (bicyclic) bond motifs is 1. The first kappa shape index (κ1) is 18.6. The Morgan fingerprint density at radius 3 is 2.71 bits per heavy atom. The van der Waals surface area contributed by atoms with Crippen LogP contribution in [0.1, 0.15) is 42.8 Å². The minimum Gasteiger partial charge on any atom is -0.449 e. The fourth-order valence-electron chi connectivity index (χ4n) is 3.62. The minimum absolute atomic E-state index is 0.107. The van der Waals surface area contributed by atoms with E-state index in [1.807, 2.05) is 11.0 Å². The maximum Gasteiger partial charge on any atom is 0.289 e. The summed E-state index contributed by atoms with van der Waals surface area (Å²) in [5.74, 6) is 0.118. The summed E-state index contributed by atoms with van der Waals surface area (Å²) in [6, 6.07) is 10.2. The molecule has 1 amide bonds. The molecule has 28 heavy (non-hydrogen) atoms. The molecule has 0 unspecified atom stereocenters. The molecule has 0 radical (unpaired) electrons. The number of furan rings is 1. The molecule has 1 fully saturated rings. The third-order valence-corrected chi connectivity index (χ3v) is 5.14. The second-order valence-corrected chi connectivity index (χ2v) is 7.69. The average molecular weight is 381 g/mol. The van der Waals surface area contributed by atoms with Crippen LogP contribution in [-0.2, 0) is 0 Å². The Morgan fingerprint density at radius 1 is 1.29 bits per heavy atom. The quantitative estimate of drug-likeness (QED) is 0.739. The van der Waals surface area contributed by atoms with E-state index in [1.165, 1.54) is 12.1 Å². The maximum absolute atomic E-state index is 13.3. The van der Waals surface area contributed by atoms with Crippen molar-refractivity contribution in [1.82, 2.24) is 15.2 Å². The van der Waals surface area contributed by atoms with Crippen LogP contribution >= 0.6 is 0 Å². The fourth-order valence-corrected chi connectivity index (χ4v) is 3.62. The second kappa shape index (κ2) is 7.36. The van der Waals surface area contributed by atoms with Gasteiger partial charge in [-0.2, -0.15) is 0 Å². The molecule has 0 saturated carbocycles. The molecule has 1 aliphatic rings. The molecule has 2 aromatic heterocycles. The number of carbonyl (C=O) groups excluding carboxylic acids is 1. The van der Waals surface area contributed by atoms with Crippen molar-refractivity contribution < 1.29 is 13.6 Å². The maximum atomic E-state index is 13.3. The van der Waals surface area contributed by atoms with Gasteiger partial charge >= 0.3 is 0 Å². The van der Waals surface area contributed by atoms with Gasteiger partial charge in [-0.05, 0) is 43.2 Å². The molecule has 1 aliphatic heterocycles. The predicted octanol–water partition coefficient (Wildman–Crippen LogP) is 4.19. The van der Waals surface area contributed by atoms with Gasteiger partial charge in [0, 0.05) is 42.9 Å². The van der Waals surface area contributed by atoms with Crippen LogP contribution in [-0.4, -0.2) is 41.5 Å². The number of amides is 1. The highest BCUT2D eigenvalue weighted by Crippen LogP contribution is 2.32. The van der Waals surface area contributed by atoms with E-state index in [-0.39, 0.29) is 23.7 Å². The zero-order valence-electron chi connectivity index (χ0n) is 16.3. The molecule has 3 heterocycles. The number of pyridine rings is 1. The lowest BCUT2D eigenvalue weighted by Gasteiger charge is -2.31. The summed E-state index contributed by atoms with van der Waals surface area (Å²) in [7, 11) is 0. The Kier molecular flexibility index (Phi) is 4.89. The van der Waals surface area contributed by atoms with E-state index in [4.69, 9.17) is 4.42 Å². The molecular formula is C22H24FN3O2. The van der Waals surface area contributed by atoms with Crippen molar-refractivity contribution in [1.29, 1.82) is 0 Å². The lowest BCUT2D eigenvalue weighted by molar-refractivity contribution is 0.0679. The number of benzene rings is 1. The molecule has 1 N–H and O–H groups in total. The summed E-state index contributed by atoms with van der Waals surface area (Å²) in [6.45, 7) is 8.30. The zero-order chi connectivity index (χ0) is 19.8. The molecule has 146 valence electrons. The molecule has 1 atom stereocenters. The van der Waals surface area contributed by atoms with Gasteiger partial charge in [0.15, 0.2) is 11.3 Å². The first-order valence-electron chi connectivity index (χ1n) is 9.65. The number of rotatable bonds is 3. The first-order valence-corrected chi connectivity index (χ1v) is 9.65. The van der Waals surface area contributed by atoms with Gasteiger partial charge < -0.3 is 14.6 Å². The van der Waals surface area contributed by atoms with Crippen LogP contribution in [0.15, 0.2) is 40.8 Å². The molecule has 0 spiro atoms. The van der Waals surface area contributed by atoms with Gasteiger partial charge in [-0.15, -0.1) is 0 Å². The van der Waals surface area contributed by atoms with Gasteiger partial charge in [0.1, 0.15) is 11.3 Å². The van der Waals surface area contributed by atoms with Crippen molar-refractivity contribution in [3.05, 3.63) is 53.5 Å². The highest BCUT2D eigenvalue weighted by atomic mass is 19.1. The van der Waals surface area contributed by atoms with Crippen LogP contribution in [0.4, 0.5) is 4.39 Å². The van der Waals surface area contributed by atoms with Crippen molar-refractivity contribution in [3.8, 4) is 11.3 Å². The van der Waals surface area contributed by atoms with Crippen LogP contribution in [0.3, 0.4) is 0 Å². The molecule has 0 aliphatic carbocycles. The topological polar surface area (TPSA) is 58.4 Å². The largest absolute Gasteiger partial charge is 0.449 e. The number of nitrogens with zero attached hydrogens (tertiary/aromatic N) is 2. The number of halogens is 1. The van der Waals surface area contributed by atoms with Gasteiger partial charge in [0.25, 0.3) is 5.91 Å².